The summed E-state index contributed by atoms with van der Waals surface area (Å²) >= 11 is 0. The SMILES string of the molecule is CN(C)C(=O)COc1ccccc1C(=O)N1CCCN(Cc2ccccc2)CC1. The second kappa shape index (κ2) is 10.1. The van der Waals surface area contributed by atoms with Gasteiger partial charge in [-0.05, 0) is 24.1 Å². The monoisotopic (exact) mass is 395 g/mol. The Labute approximate surface area is 172 Å². The van der Waals surface area contributed by atoms with E-state index in [4.69, 9.17) is 4.74 Å². The first-order valence-electron chi connectivity index (χ1n) is 10.0. The Morgan fingerprint density at radius 2 is 1.66 bits per heavy atom. The Morgan fingerprint density at radius 1 is 0.931 bits per heavy atom. The average Bonchev–Trinajstić information content (AvgIpc) is 2.98. The van der Waals surface area contributed by atoms with Gasteiger partial charge in [0.05, 0.1) is 5.56 Å². The van der Waals surface area contributed by atoms with Crippen LogP contribution in [0, 0.1) is 0 Å². The van der Waals surface area contributed by atoms with E-state index in [1.165, 1.54) is 10.5 Å². The van der Waals surface area contributed by atoms with Gasteiger partial charge in [-0.1, -0.05) is 42.5 Å². The number of para-hydroxylation sites is 1. The first kappa shape index (κ1) is 20.9. The number of nitrogens with zero attached hydrogens (tertiary/aromatic N) is 3. The zero-order valence-electron chi connectivity index (χ0n) is 17.2. The van der Waals surface area contributed by atoms with E-state index in [1.54, 1.807) is 26.2 Å². The summed E-state index contributed by atoms with van der Waals surface area (Å²) in [6.07, 6.45) is 0.931. The number of hydrogen-bond acceptors (Lipinski definition) is 4. The number of carbonyl (C=O) groups is 2. The third-order valence-electron chi connectivity index (χ3n) is 5.09. The predicted molar refractivity (Wildman–Crippen MR) is 113 cm³/mol. The molecule has 1 saturated heterocycles. The summed E-state index contributed by atoms with van der Waals surface area (Å²) < 4.78 is 5.65. The number of benzene rings is 2. The summed E-state index contributed by atoms with van der Waals surface area (Å²) in [6, 6.07) is 17.6. The first-order valence-corrected chi connectivity index (χ1v) is 10.0. The number of ether oxygens (including phenoxy) is 1. The molecule has 2 amide bonds. The van der Waals surface area contributed by atoms with Crippen molar-refractivity contribution in [2.24, 2.45) is 0 Å². The number of rotatable bonds is 6. The summed E-state index contributed by atoms with van der Waals surface area (Å²) in [5.74, 6) is 0.274. The molecule has 0 bridgehead atoms. The summed E-state index contributed by atoms with van der Waals surface area (Å²) in [5, 5.41) is 0. The van der Waals surface area contributed by atoms with Crippen LogP contribution in [0.25, 0.3) is 0 Å². The molecule has 3 rings (SSSR count). The molecule has 0 atom stereocenters. The maximum atomic E-state index is 13.1. The lowest BCUT2D eigenvalue weighted by molar-refractivity contribution is -0.130. The molecule has 1 aliphatic heterocycles. The van der Waals surface area contributed by atoms with Gasteiger partial charge in [-0.15, -0.1) is 0 Å². The molecule has 29 heavy (non-hydrogen) atoms. The van der Waals surface area contributed by atoms with E-state index in [-0.39, 0.29) is 18.4 Å². The quantitative estimate of drug-likeness (QED) is 0.754. The Kier molecular flexibility index (Phi) is 7.25. The minimum atomic E-state index is -0.140. The van der Waals surface area contributed by atoms with Crippen molar-refractivity contribution < 1.29 is 14.3 Å². The Morgan fingerprint density at radius 3 is 2.41 bits per heavy atom. The molecule has 1 fully saturated rings. The molecule has 0 aliphatic carbocycles. The summed E-state index contributed by atoms with van der Waals surface area (Å²) in [5.41, 5.74) is 1.80. The van der Waals surface area contributed by atoms with E-state index in [0.29, 0.717) is 17.9 Å². The minimum absolute atomic E-state index is 0.0422. The topological polar surface area (TPSA) is 53.1 Å². The molecule has 1 heterocycles. The van der Waals surface area contributed by atoms with Gasteiger partial charge in [0.1, 0.15) is 5.75 Å². The molecule has 0 radical (unpaired) electrons. The van der Waals surface area contributed by atoms with Crippen molar-refractivity contribution in [2.45, 2.75) is 13.0 Å². The molecule has 0 N–H and O–H groups in total. The van der Waals surface area contributed by atoms with Gasteiger partial charge in [-0.3, -0.25) is 14.5 Å². The standard InChI is InChI=1S/C23H29N3O3/c1-24(2)22(27)18-29-21-12-7-6-11-20(21)23(28)26-14-8-13-25(15-16-26)17-19-9-4-3-5-10-19/h3-7,9-12H,8,13-18H2,1-2H3. The molecule has 154 valence electrons. The van der Waals surface area contributed by atoms with Gasteiger partial charge in [-0.25, -0.2) is 0 Å². The third kappa shape index (κ3) is 5.81. The molecule has 0 unspecified atom stereocenters. The number of carbonyl (C=O) groups excluding carboxylic acids is 2. The van der Waals surface area contributed by atoms with Crippen molar-refractivity contribution >= 4 is 11.8 Å². The predicted octanol–water partition coefficient (Wildman–Crippen LogP) is 2.50. The highest BCUT2D eigenvalue weighted by molar-refractivity contribution is 5.97. The van der Waals surface area contributed by atoms with E-state index in [2.05, 4.69) is 29.2 Å². The van der Waals surface area contributed by atoms with Crippen LogP contribution in [0.5, 0.6) is 5.75 Å². The molecule has 2 aromatic carbocycles. The zero-order chi connectivity index (χ0) is 20.6. The molecule has 0 aromatic heterocycles. The van der Waals surface area contributed by atoms with Gasteiger partial charge in [0.15, 0.2) is 6.61 Å². The highest BCUT2D eigenvalue weighted by atomic mass is 16.5. The molecule has 1 aliphatic rings. The van der Waals surface area contributed by atoms with Gasteiger partial charge in [0, 0.05) is 46.8 Å². The van der Waals surface area contributed by atoms with E-state index in [1.807, 2.05) is 23.1 Å². The van der Waals surface area contributed by atoms with E-state index < -0.39 is 0 Å². The fourth-order valence-corrected chi connectivity index (χ4v) is 3.38. The summed E-state index contributed by atoms with van der Waals surface area (Å²) in [7, 11) is 3.36. The van der Waals surface area contributed by atoms with Gasteiger partial charge in [0.2, 0.25) is 0 Å². The van der Waals surface area contributed by atoms with Crippen molar-refractivity contribution in [3.63, 3.8) is 0 Å². The smallest absolute Gasteiger partial charge is 0.259 e. The highest BCUT2D eigenvalue weighted by Crippen LogP contribution is 2.21. The summed E-state index contributed by atoms with van der Waals surface area (Å²) in [4.78, 5) is 30.7. The second-order valence-corrected chi connectivity index (χ2v) is 7.48. The lowest BCUT2D eigenvalue weighted by Gasteiger charge is -2.23. The van der Waals surface area contributed by atoms with Crippen molar-refractivity contribution in [1.82, 2.24) is 14.7 Å². The van der Waals surface area contributed by atoms with E-state index in [9.17, 15) is 9.59 Å². The zero-order valence-corrected chi connectivity index (χ0v) is 17.2. The van der Waals surface area contributed by atoms with Crippen molar-refractivity contribution in [3.05, 3.63) is 65.7 Å². The van der Waals surface area contributed by atoms with E-state index >= 15 is 0 Å². The molecule has 6 nitrogen and oxygen atoms in total. The lowest BCUT2D eigenvalue weighted by atomic mass is 10.1. The molecular formula is C23H29N3O3. The Hall–Kier alpha value is -2.86. The van der Waals surface area contributed by atoms with Crippen LogP contribution in [0.1, 0.15) is 22.3 Å². The average molecular weight is 396 g/mol. The van der Waals surface area contributed by atoms with Crippen molar-refractivity contribution in [1.29, 1.82) is 0 Å². The molecular weight excluding hydrogens is 366 g/mol. The van der Waals surface area contributed by atoms with Crippen LogP contribution in [-0.2, 0) is 11.3 Å². The largest absolute Gasteiger partial charge is 0.483 e. The van der Waals surface area contributed by atoms with Crippen LogP contribution in [0.3, 0.4) is 0 Å². The number of hydrogen-bond donors (Lipinski definition) is 0. The van der Waals surface area contributed by atoms with Crippen LogP contribution >= 0.6 is 0 Å². The minimum Gasteiger partial charge on any atom is -0.483 e. The van der Waals surface area contributed by atoms with Gasteiger partial charge < -0.3 is 14.5 Å². The number of amides is 2. The normalized spacial score (nSPS) is 14.9. The third-order valence-corrected chi connectivity index (χ3v) is 5.09. The van der Waals surface area contributed by atoms with Crippen molar-refractivity contribution in [3.8, 4) is 5.75 Å². The second-order valence-electron chi connectivity index (χ2n) is 7.48. The van der Waals surface area contributed by atoms with Gasteiger partial charge in [-0.2, -0.15) is 0 Å². The van der Waals surface area contributed by atoms with Crippen LogP contribution in [0.2, 0.25) is 0 Å². The molecule has 2 aromatic rings. The Bertz CT molecular complexity index is 823. The summed E-state index contributed by atoms with van der Waals surface area (Å²) in [6.45, 7) is 4.01. The molecule has 6 heteroatoms. The molecule has 0 saturated carbocycles. The fraction of sp³-hybridized carbons (Fsp3) is 0.391. The maximum Gasteiger partial charge on any atom is 0.259 e. The van der Waals surface area contributed by atoms with Crippen LogP contribution in [0.4, 0.5) is 0 Å². The van der Waals surface area contributed by atoms with Gasteiger partial charge in [0.25, 0.3) is 11.8 Å². The maximum absolute atomic E-state index is 13.1. The molecule has 0 spiro atoms. The highest BCUT2D eigenvalue weighted by Gasteiger charge is 2.23. The van der Waals surface area contributed by atoms with Crippen LogP contribution < -0.4 is 4.74 Å². The lowest BCUT2D eigenvalue weighted by Crippen LogP contribution is -2.35. The fourth-order valence-electron chi connectivity index (χ4n) is 3.38. The Balaban J connectivity index is 1.62. The number of likely N-dealkylation sites (N-methyl/N-ethyl adjacent to an activating group) is 1. The van der Waals surface area contributed by atoms with Crippen molar-refractivity contribution in [2.75, 3.05) is 46.9 Å². The first-order chi connectivity index (χ1) is 14.0. The van der Waals surface area contributed by atoms with Gasteiger partial charge >= 0.3 is 0 Å². The van der Waals surface area contributed by atoms with Crippen LogP contribution in [-0.4, -0.2) is 73.4 Å². The van der Waals surface area contributed by atoms with E-state index in [0.717, 1.165) is 32.6 Å². The van der Waals surface area contributed by atoms with Crippen LogP contribution in [0.15, 0.2) is 54.6 Å².